The van der Waals surface area contributed by atoms with Crippen LogP contribution in [0.25, 0.3) is 0 Å². The van der Waals surface area contributed by atoms with E-state index >= 15 is 0 Å². The average Bonchev–Trinajstić information content (AvgIpc) is 0. The largest absolute Gasteiger partial charge is 0.0776 e. The van der Waals surface area contributed by atoms with E-state index < -0.39 is 0 Å². The molecule has 0 saturated heterocycles. The molecule has 0 amide bonds. The van der Waals surface area contributed by atoms with Crippen molar-refractivity contribution in [1.29, 1.82) is 0 Å². The molecule has 0 heteroatoms. The third kappa shape index (κ3) is 0. The van der Waals surface area contributed by atoms with Crippen molar-refractivity contribution in [3.05, 3.63) is 0 Å². The normalized spacial score (nSPS) is 0. The minimum absolute atomic E-state index is 0. The molecule has 0 radical (unpaired) electrons. The predicted molar refractivity (Wildman–Crippen MR) is 538 cm³/mol. The molecule has 0 aromatic heterocycles. The first-order valence-corrected chi connectivity index (χ1v) is 0. The van der Waals surface area contributed by atoms with Gasteiger partial charge in [-0.1, -0.05) is 594 Å². The lowest BCUT2D eigenvalue weighted by Gasteiger charge is -0.0786. The quantitative estimate of drug-likeness (QED) is 0.227. The van der Waals surface area contributed by atoms with E-state index in [0.29, 0.717) is 0 Å². The molecule has 0 aliphatic carbocycles. The molecular weight excluding hydrogens is 961 g/mol. The van der Waals surface area contributed by atoms with Crippen LogP contribution in [0.3, 0.4) is 0 Å². The molecule has 0 unspecified atom stereocenters. The maximum absolute atomic E-state index is 0. The Labute approximate surface area is 591 Å². The third-order valence-electron chi connectivity index (χ3n) is 0. The minimum Gasteiger partial charge on any atom is -0.0776 e. The van der Waals surface area contributed by atoms with Crippen molar-refractivity contribution in [2.45, 2.75) is 594 Å². The molecule has 0 saturated carbocycles. The zero-order valence-corrected chi connectivity index (χ0v) is 0. The van der Waals surface area contributed by atoms with E-state index in [-0.39, 0.29) is 594 Å². The van der Waals surface area contributed by atoms with Gasteiger partial charge < -0.3 is 0 Å². The molecule has 0 spiro atoms. The van der Waals surface area contributed by atoms with Gasteiger partial charge in [-0.2, -0.15) is 0 Å². The summed E-state index contributed by atoms with van der Waals surface area (Å²) in [5.41, 5.74) is 0. The molecule has 80 heavy (non-hydrogen) atoms. The fraction of sp³-hybridized carbons (Fsp3) is 1.00. The first kappa shape index (κ1) is 0. The van der Waals surface area contributed by atoms with Crippen LogP contribution in [0.1, 0.15) is 594 Å². The van der Waals surface area contributed by atoms with Gasteiger partial charge in [-0.25, -0.2) is 0 Å². The molecule has 0 aromatic rings. The third-order valence-corrected chi connectivity index (χ3v) is 0. The van der Waals surface area contributed by atoms with Gasteiger partial charge in [0.05, 0.1) is 0 Å². The van der Waals surface area contributed by atoms with E-state index in [0.717, 1.165) is 0 Å². The van der Waals surface area contributed by atoms with Gasteiger partial charge in [0.2, 0.25) is 0 Å². The highest BCUT2D eigenvalue weighted by Gasteiger charge is 0.00144. The fourth-order valence-electron chi connectivity index (χ4n) is 0. The summed E-state index contributed by atoms with van der Waals surface area (Å²) in [7, 11) is 0. The van der Waals surface area contributed by atoms with Gasteiger partial charge in [0, 0.05) is 0 Å². The van der Waals surface area contributed by atoms with Crippen LogP contribution in [0.2, 0.25) is 0 Å². The summed E-state index contributed by atoms with van der Waals surface area (Å²) in [6, 6.07) is 0. The van der Waals surface area contributed by atoms with Crippen LogP contribution in [-0.4, -0.2) is 0 Å². The Bertz CT molecular complexity index is 0. The zero-order valence-electron chi connectivity index (χ0n) is 0. The van der Waals surface area contributed by atoms with Crippen LogP contribution in [0.4, 0.5) is 0 Å². The van der Waals surface area contributed by atoms with Gasteiger partial charge in [0.15, 0.2) is 0 Å². The molecule has 0 aliphatic rings. The Hall–Kier alpha value is 0. The van der Waals surface area contributed by atoms with Gasteiger partial charge in [-0.3, -0.25) is 0 Å². The first-order valence-electron chi connectivity index (χ1n) is 0. The summed E-state index contributed by atoms with van der Waals surface area (Å²) in [4.78, 5) is 0. The topological polar surface area (TPSA) is 0 Å². The molecule has 0 N–H and O–H groups in total. The molecule has 0 atom stereocenters. The van der Waals surface area contributed by atoms with Crippen LogP contribution < -0.4 is 0 Å². The number of hydrogen-bond donors (Lipinski definition) is 0. The minimum atomic E-state index is 0. The van der Waals surface area contributed by atoms with Gasteiger partial charge in [-0.05, 0) is 0 Å². The Kier molecular flexibility index (Phi) is 0. The Morgan fingerprint density at radius 1 is 0.0125 bits per heavy atom. The predicted octanol–water partition coefficient (Wildman–Crippen LogP) is 50.9. The van der Waals surface area contributed by atoms with Crippen LogP contribution in [0.15, 0.2) is 0 Å². The molecular formula is C80H320. The maximum Gasteiger partial charge on any atom is -0.0776 e. The summed E-state index contributed by atoms with van der Waals surface area (Å²) in [5.74, 6) is 0. The van der Waals surface area contributed by atoms with Crippen LogP contribution in [0, 0.1) is 0 Å². The fourth-order valence-corrected chi connectivity index (χ4v) is 0. The highest BCUT2D eigenvalue weighted by molar-refractivity contribution is 2.58. The molecule has 0 heterocycles. The lowest BCUT2D eigenvalue weighted by atomic mass is 12.0. The van der Waals surface area contributed by atoms with Gasteiger partial charge in [-0.15, -0.1) is 0 Å². The first-order chi connectivity index (χ1) is 0. The summed E-state index contributed by atoms with van der Waals surface area (Å²) in [5, 5.41) is 0. The van der Waals surface area contributed by atoms with E-state index in [2.05, 4.69) is 0 Å². The lowest BCUT2D eigenvalue weighted by Crippen LogP contribution is 0.143. The van der Waals surface area contributed by atoms with E-state index in [1.807, 2.05) is 0 Å². The van der Waals surface area contributed by atoms with Gasteiger partial charge in [0.1, 0.15) is 0 Å². The van der Waals surface area contributed by atoms with Crippen LogP contribution in [-0.2, 0) is 0 Å². The SMILES string of the molecule is C.C.C.C.C.C.C.C.C.C.C.C.C.C.C.C.C.C.C.C.C.C.C.C.C.C.C.C.C.C.C.C.C.C.C.C.C.C.C.C.C.C.C.C.C.C.C.C.C.C.C.C.C.C.C.C.C.C.C.C.C.C.C.C.C.C.C.C.C.C.C.C.C.C.C.C.C.C.C.C. The molecule has 0 fully saturated rings. The van der Waals surface area contributed by atoms with E-state index in [4.69, 9.17) is 0 Å². The monoisotopic (exact) mass is 1280 g/mol. The van der Waals surface area contributed by atoms with E-state index in [1.165, 1.54) is 0 Å². The van der Waals surface area contributed by atoms with Crippen molar-refractivity contribution in [1.82, 2.24) is 0 Å². The van der Waals surface area contributed by atoms with Gasteiger partial charge >= 0.3 is 0 Å². The summed E-state index contributed by atoms with van der Waals surface area (Å²) < 4.78 is 0. The van der Waals surface area contributed by atoms with E-state index in [1.54, 1.807) is 0 Å². The second-order valence-electron chi connectivity index (χ2n) is 0. The summed E-state index contributed by atoms with van der Waals surface area (Å²) >= 11 is 0. The standard InChI is InChI=1S/80CH4/h80*1H4. The van der Waals surface area contributed by atoms with E-state index in [9.17, 15) is 0 Å². The Morgan fingerprint density at radius 3 is 0.0125 bits per heavy atom. The van der Waals surface area contributed by atoms with Crippen molar-refractivity contribution in [2.24, 2.45) is 0 Å². The van der Waals surface area contributed by atoms with Crippen LogP contribution >= 0.6 is 0 Å². The zero-order chi connectivity index (χ0) is 0. The molecule has 0 aromatic carbocycles. The number of rotatable bonds is 0. The van der Waals surface area contributed by atoms with Crippen LogP contribution in [0.5, 0.6) is 0 Å². The average molecular weight is 1280 g/mol. The van der Waals surface area contributed by atoms with Crippen molar-refractivity contribution in [3.63, 3.8) is 0 Å². The van der Waals surface area contributed by atoms with Crippen molar-refractivity contribution in [2.75, 3.05) is 0 Å². The molecule has 0 bridgehead atoms. The van der Waals surface area contributed by atoms with Crippen molar-refractivity contribution in [3.8, 4) is 0 Å². The Morgan fingerprint density at radius 2 is 0.0125 bits per heavy atom. The highest BCUT2D eigenvalue weighted by atomic mass is 12.1. The van der Waals surface area contributed by atoms with Crippen molar-refractivity contribution >= 4 is 0 Å². The molecule has 0 aliphatic heterocycles. The highest BCUT2D eigenvalue weighted by Crippen LogP contribution is 0.223. The second-order valence-corrected chi connectivity index (χ2v) is 0. The molecule has 0 nitrogen and oxygen atoms in total. The summed E-state index contributed by atoms with van der Waals surface area (Å²) in [6.45, 7) is 0. The maximum atomic E-state index is 0. The smallest absolute Gasteiger partial charge is 0.0776 e. The molecule has 0 rings (SSSR count). The Balaban J connectivity index is 0. The second kappa shape index (κ2) is 0. The summed E-state index contributed by atoms with van der Waals surface area (Å²) in [6.07, 6.45) is 0. The molecule has 640 valence electrons. The lowest BCUT2D eigenvalue weighted by molar-refractivity contribution is 2.50. The van der Waals surface area contributed by atoms with Gasteiger partial charge in [0.25, 0.3) is 0 Å². The number of hydrogen-bond acceptors (Lipinski definition) is 0. The van der Waals surface area contributed by atoms with Crippen molar-refractivity contribution < 1.29 is 0 Å².